The summed E-state index contributed by atoms with van der Waals surface area (Å²) in [4.78, 5) is 38.4. The Kier molecular flexibility index (Phi) is 6.87. The van der Waals surface area contributed by atoms with Crippen molar-refractivity contribution in [3.05, 3.63) is 45.8 Å². The Morgan fingerprint density at radius 1 is 1.03 bits per heavy atom. The Bertz CT molecular complexity index is 905. The molecule has 0 fully saturated rings. The van der Waals surface area contributed by atoms with Crippen molar-refractivity contribution in [1.29, 1.82) is 0 Å². The molecule has 29 heavy (non-hydrogen) atoms. The standard InChI is InChI=1S/C21H24N2O5S/c1-3-28-21(26)23-19(25)17-15-7-5-4-6-8-16(15)29-20(17)22-18(24)13-9-11-14(27-2)12-10-13/h9-12H,3-8H2,1-2H3,(H,22,24)(H,23,25,26). The molecule has 0 atom stereocenters. The van der Waals surface area contributed by atoms with Crippen molar-refractivity contribution in [3.8, 4) is 5.75 Å². The molecular weight excluding hydrogens is 392 g/mol. The third-order valence-electron chi connectivity index (χ3n) is 4.72. The van der Waals surface area contributed by atoms with E-state index >= 15 is 0 Å². The zero-order valence-corrected chi connectivity index (χ0v) is 17.3. The van der Waals surface area contributed by atoms with E-state index in [2.05, 4.69) is 10.6 Å². The van der Waals surface area contributed by atoms with Crippen molar-refractivity contribution < 1.29 is 23.9 Å². The van der Waals surface area contributed by atoms with Crippen LogP contribution in [0.3, 0.4) is 0 Å². The first-order valence-corrected chi connectivity index (χ1v) is 10.4. The number of aryl methyl sites for hydroxylation is 1. The number of benzene rings is 1. The number of rotatable bonds is 5. The molecule has 0 saturated carbocycles. The van der Waals surface area contributed by atoms with Gasteiger partial charge in [0.05, 0.1) is 19.3 Å². The monoisotopic (exact) mass is 416 g/mol. The minimum absolute atomic E-state index is 0.169. The molecule has 2 N–H and O–H groups in total. The number of alkyl carbamates (subject to hydrolysis) is 1. The van der Waals surface area contributed by atoms with Gasteiger partial charge in [-0.05, 0) is 62.4 Å². The fraction of sp³-hybridized carbons (Fsp3) is 0.381. The van der Waals surface area contributed by atoms with Crippen molar-refractivity contribution in [1.82, 2.24) is 5.32 Å². The second-order valence-corrected chi connectivity index (χ2v) is 7.73. The summed E-state index contributed by atoms with van der Waals surface area (Å²) in [5, 5.41) is 5.57. The third kappa shape index (κ3) is 4.95. The summed E-state index contributed by atoms with van der Waals surface area (Å²) in [6, 6.07) is 6.72. The topological polar surface area (TPSA) is 93.7 Å². The van der Waals surface area contributed by atoms with Gasteiger partial charge in [-0.3, -0.25) is 14.9 Å². The van der Waals surface area contributed by atoms with Crippen molar-refractivity contribution in [3.63, 3.8) is 0 Å². The molecule has 2 aromatic rings. The molecule has 0 aliphatic heterocycles. The number of ether oxygens (including phenoxy) is 2. The van der Waals surface area contributed by atoms with E-state index in [1.807, 2.05) is 0 Å². The van der Waals surface area contributed by atoms with Crippen LogP contribution in [0.5, 0.6) is 5.75 Å². The minimum Gasteiger partial charge on any atom is -0.497 e. The number of anilines is 1. The lowest BCUT2D eigenvalue weighted by molar-refractivity contribution is 0.0925. The molecule has 7 nitrogen and oxygen atoms in total. The quantitative estimate of drug-likeness (QED) is 0.714. The summed E-state index contributed by atoms with van der Waals surface area (Å²) in [5.74, 6) is -0.221. The van der Waals surface area contributed by atoms with E-state index in [-0.39, 0.29) is 12.5 Å². The first-order chi connectivity index (χ1) is 14.0. The molecule has 1 aromatic carbocycles. The summed E-state index contributed by atoms with van der Waals surface area (Å²) in [7, 11) is 1.56. The van der Waals surface area contributed by atoms with Gasteiger partial charge in [-0.2, -0.15) is 0 Å². The molecule has 1 aliphatic rings. The van der Waals surface area contributed by atoms with E-state index in [9.17, 15) is 14.4 Å². The van der Waals surface area contributed by atoms with E-state index in [0.29, 0.717) is 21.9 Å². The van der Waals surface area contributed by atoms with Gasteiger partial charge < -0.3 is 14.8 Å². The van der Waals surface area contributed by atoms with Gasteiger partial charge in [0.25, 0.3) is 11.8 Å². The summed E-state index contributed by atoms with van der Waals surface area (Å²) in [5.41, 5.74) is 1.73. The maximum Gasteiger partial charge on any atom is 0.414 e. The molecule has 3 amide bonds. The Hall–Kier alpha value is -2.87. The van der Waals surface area contributed by atoms with Gasteiger partial charge in [-0.1, -0.05) is 6.42 Å². The highest BCUT2D eigenvalue weighted by molar-refractivity contribution is 7.17. The fourth-order valence-corrected chi connectivity index (χ4v) is 4.59. The second kappa shape index (κ2) is 9.56. The Morgan fingerprint density at radius 3 is 2.45 bits per heavy atom. The van der Waals surface area contributed by atoms with E-state index < -0.39 is 12.0 Å². The normalized spacial score (nSPS) is 13.0. The highest BCUT2D eigenvalue weighted by Gasteiger charge is 2.27. The maximum atomic E-state index is 12.8. The van der Waals surface area contributed by atoms with Crippen LogP contribution in [0.2, 0.25) is 0 Å². The number of imide groups is 1. The summed E-state index contributed by atoms with van der Waals surface area (Å²) >= 11 is 1.41. The van der Waals surface area contributed by atoms with Crippen LogP contribution in [-0.4, -0.2) is 31.6 Å². The Labute approximate surface area is 173 Å². The highest BCUT2D eigenvalue weighted by atomic mass is 32.1. The third-order valence-corrected chi connectivity index (χ3v) is 5.93. The van der Waals surface area contributed by atoms with Crippen LogP contribution in [0.1, 0.15) is 57.3 Å². The van der Waals surface area contributed by atoms with Crippen LogP contribution in [0.25, 0.3) is 0 Å². The summed E-state index contributed by atoms with van der Waals surface area (Å²) in [6.07, 6.45) is 3.91. The van der Waals surface area contributed by atoms with Crippen LogP contribution in [0, 0.1) is 0 Å². The van der Waals surface area contributed by atoms with Gasteiger partial charge in [0.2, 0.25) is 0 Å². The molecule has 1 aliphatic carbocycles. The van der Waals surface area contributed by atoms with Crippen molar-refractivity contribution in [2.24, 2.45) is 0 Å². The highest BCUT2D eigenvalue weighted by Crippen LogP contribution is 2.37. The first-order valence-electron chi connectivity index (χ1n) is 9.61. The average molecular weight is 416 g/mol. The van der Waals surface area contributed by atoms with Gasteiger partial charge in [0.1, 0.15) is 10.8 Å². The van der Waals surface area contributed by atoms with E-state index in [0.717, 1.165) is 42.5 Å². The molecule has 0 bridgehead atoms. The minimum atomic E-state index is -0.793. The van der Waals surface area contributed by atoms with Crippen LogP contribution < -0.4 is 15.4 Å². The van der Waals surface area contributed by atoms with E-state index in [1.165, 1.54) is 11.3 Å². The molecule has 0 saturated heterocycles. The number of carbonyl (C=O) groups is 3. The smallest absolute Gasteiger partial charge is 0.414 e. The van der Waals surface area contributed by atoms with Gasteiger partial charge >= 0.3 is 6.09 Å². The summed E-state index contributed by atoms with van der Waals surface area (Å²) in [6.45, 7) is 1.84. The lowest BCUT2D eigenvalue weighted by Gasteiger charge is -2.10. The van der Waals surface area contributed by atoms with Crippen LogP contribution in [0.15, 0.2) is 24.3 Å². The number of carbonyl (C=O) groups excluding carboxylic acids is 3. The number of hydrogen-bond donors (Lipinski definition) is 2. The lowest BCUT2D eigenvalue weighted by Crippen LogP contribution is -2.32. The van der Waals surface area contributed by atoms with Crippen LogP contribution in [-0.2, 0) is 17.6 Å². The van der Waals surface area contributed by atoms with Crippen molar-refractivity contribution >= 4 is 34.2 Å². The Morgan fingerprint density at radius 2 is 1.76 bits per heavy atom. The molecule has 154 valence electrons. The SMILES string of the molecule is CCOC(=O)NC(=O)c1c(NC(=O)c2ccc(OC)cc2)sc2c1CCCCC2. The maximum absolute atomic E-state index is 12.8. The van der Waals surface area contributed by atoms with Crippen molar-refractivity contribution in [2.75, 3.05) is 19.0 Å². The van der Waals surface area contributed by atoms with Gasteiger partial charge in [0.15, 0.2) is 0 Å². The molecule has 0 radical (unpaired) electrons. The zero-order valence-electron chi connectivity index (χ0n) is 16.5. The number of methoxy groups -OCH3 is 1. The number of fused-ring (bicyclic) bond motifs is 1. The lowest BCUT2D eigenvalue weighted by atomic mass is 10.0. The second-order valence-electron chi connectivity index (χ2n) is 6.63. The van der Waals surface area contributed by atoms with Crippen molar-refractivity contribution in [2.45, 2.75) is 39.0 Å². The summed E-state index contributed by atoms with van der Waals surface area (Å²) < 4.78 is 9.94. The molecule has 1 aromatic heterocycles. The molecule has 1 heterocycles. The molecular formula is C21H24N2O5S. The van der Waals surface area contributed by atoms with Crippen LogP contribution >= 0.6 is 11.3 Å². The zero-order chi connectivity index (χ0) is 20.8. The molecule has 0 unspecified atom stereocenters. The van der Waals surface area contributed by atoms with Crippen LogP contribution in [0.4, 0.5) is 9.80 Å². The number of hydrogen-bond acceptors (Lipinski definition) is 6. The largest absolute Gasteiger partial charge is 0.497 e. The van der Waals surface area contributed by atoms with Gasteiger partial charge in [-0.15, -0.1) is 11.3 Å². The van der Waals surface area contributed by atoms with E-state index in [1.54, 1.807) is 38.3 Å². The van der Waals surface area contributed by atoms with E-state index in [4.69, 9.17) is 9.47 Å². The number of amides is 3. The molecule has 8 heteroatoms. The van der Waals surface area contributed by atoms with Gasteiger partial charge in [0, 0.05) is 10.4 Å². The number of nitrogens with one attached hydrogen (secondary N) is 2. The fourth-order valence-electron chi connectivity index (χ4n) is 3.31. The number of thiophene rings is 1. The predicted octanol–water partition coefficient (Wildman–Crippen LogP) is 4.16. The van der Waals surface area contributed by atoms with Gasteiger partial charge in [-0.25, -0.2) is 4.79 Å². The molecule has 0 spiro atoms. The molecule has 3 rings (SSSR count). The first kappa shape index (κ1) is 20.9. The average Bonchev–Trinajstić information content (AvgIpc) is 2.88. The Balaban J connectivity index is 1.89. The predicted molar refractivity (Wildman–Crippen MR) is 111 cm³/mol.